The first-order chi connectivity index (χ1) is 7.31. The molecule has 16 heavy (non-hydrogen) atoms. The van der Waals surface area contributed by atoms with Gasteiger partial charge in [-0.2, -0.15) is 8.42 Å². The van der Waals surface area contributed by atoms with Gasteiger partial charge in [0.15, 0.2) is 0 Å². The molecule has 0 aromatic heterocycles. The summed E-state index contributed by atoms with van der Waals surface area (Å²) >= 11 is -0.824. The Morgan fingerprint density at radius 3 is 2.12 bits per heavy atom. The molecular formula is C7H19ClHgN2O4S. The summed E-state index contributed by atoms with van der Waals surface area (Å²) in [6.07, 6.45) is 4.92. The Labute approximate surface area is 113 Å². The molecule has 0 rings (SSSR count). The van der Waals surface area contributed by atoms with Crippen LogP contribution in [0.1, 0.15) is 25.7 Å². The molecule has 6 nitrogen and oxygen atoms in total. The molecular weight excluding hydrogens is 444 g/mol. The average Bonchev–Trinajstić information content (AvgIpc) is 2.14. The van der Waals surface area contributed by atoms with E-state index in [-0.39, 0.29) is 6.04 Å². The molecule has 1 unspecified atom stereocenters. The van der Waals surface area contributed by atoms with Crippen molar-refractivity contribution in [3.8, 4) is 0 Å². The van der Waals surface area contributed by atoms with E-state index in [0.717, 1.165) is 6.42 Å². The zero-order valence-electron chi connectivity index (χ0n) is 9.18. The SMILES string of the molecule is NCC(N)CCCC[CH2][Hg][Cl].O=S(=O)(O)O. The molecule has 0 heterocycles. The third-order valence-electron chi connectivity index (χ3n) is 1.76. The van der Waals surface area contributed by atoms with Crippen LogP contribution in [0.2, 0.25) is 3.93 Å². The summed E-state index contributed by atoms with van der Waals surface area (Å²) in [6, 6.07) is 0.218. The molecule has 0 spiro atoms. The van der Waals surface area contributed by atoms with Crippen LogP contribution in [0.4, 0.5) is 0 Å². The van der Waals surface area contributed by atoms with Crippen molar-refractivity contribution < 1.29 is 40.9 Å². The Kier molecular flexibility index (Phi) is 15.1. The van der Waals surface area contributed by atoms with Crippen molar-refractivity contribution in [3.63, 3.8) is 0 Å². The van der Waals surface area contributed by atoms with Crippen LogP contribution < -0.4 is 11.5 Å². The van der Waals surface area contributed by atoms with Gasteiger partial charge in [0.05, 0.1) is 0 Å². The summed E-state index contributed by atoms with van der Waals surface area (Å²) in [7, 11) is 1.08. The number of nitrogens with two attached hydrogens (primary N) is 2. The second-order valence-electron chi connectivity index (χ2n) is 3.34. The topological polar surface area (TPSA) is 127 Å². The molecule has 0 radical (unpaired) electrons. The molecule has 1 atom stereocenters. The third kappa shape index (κ3) is 29.4. The maximum Gasteiger partial charge on any atom is 0.394 e. The Morgan fingerprint density at radius 1 is 1.25 bits per heavy atom. The molecule has 0 aliphatic carbocycles. The summed E-state index contributed by atoms with van der Waals surface area (Å²) in [6.45, 7) is 0.621. The van der Waals surface area contributed by atoms with E-state index in [1.54, 1.807) is 0 Å². The van der Waals surface area contributed by atoms with Crippen molar-refractivity contribution in [1.82, 2.24) is 0 Å². The molecule has 0 amide bonds. The Bertz CT molecular complexity index is 233. The number of unbranched alkanes of at least 4 members (excludes halogenated alkanes) is 2. The fraction of sp³-hybridized carbons (Fsp3) is 1.00. The van der Waals surface area contributed by atoms with Crippen molar-refractivity contribution in [2.45, 2.75) is 35.7 Å². The molecule has 0 aromatic rings. The van der Waals surface area contributed by atoms with E-state index >= 15 is 0 Å². The van der Waals surface area contributed by atoms with Gasteiger partial charge in [-0.25, -0.2) is 0 Å². The molecule has 0 aliphatic rings. The minimum Gasteiger partial charge on any atom is -0.264 e. The number of hydrogen-bond donors (Lipinski definition) is 4. The minimum absolute atomic E-state index is 0.218. The maximum absolute atomic E-state index is 8.74. The molecule has 0 aliphatic heterocycles. The monoisotopic (exact) mass is 464 g/mol. The smallest absolute Gasteiger partial charge is 0.264 e. The Morgan fingerprint density at radius 2 is 1.75 bits per heavy atom. The zero-order chi connectivity index (χ0) is 13.0. The van der Waals surface area contributed by atoms with Gasteiger partial charge in [-0.3, -0.25) is 9.11 Å². The van der Waals surface area contributed by atoms with Crippen LogP contribution in [0.15, 0.2) is 0 Å². The molecule has 96 valence electrons. The second-order valence-corrected chi connectivity index (χ2v) is 11.8. The summed E-state index contributed by atoms with van der Waals surface area (Å²) < 4.78 is 32.9. The van der Waals surface area contributed by atoms with Crippen LogP contribution >= 0.6 is 8.25 Å². The summed E-state index contributed by atoms with van der Waals surface area (Å²) in [5.74, 6) is 0. The van der Waals surface area contributed by atoms with Crippen LogP contribution in [0, 0.1) is 0 Å². The maximum atomic E-state index is 8.74. The van der Waals surface area contributed by atoms with E-state index in [9.17, 15) is 0 Å². The fourth-order valence-electron chi connectivity index (χ4n) is 0.972. The van der Waals surface area contributed by atoms with Crippen LogP contribution in [0.25, 0.3) is 0 Å². The predicted molar refractivity (Wildman–Crippen MR) is 60.3 cm³/mol. The average molecular weight is 463 g/mol. The van der Waals surface area contributed by atoms with E-state index < -0.39 is 33.7 Å². The van der Waals surface area contributed by atoms with E-state index in [2.05, 4.69) is 0 Å². The summed E-state index contributed by atoms with van der Waals surface area (Å²) in [5, 5.41) is 0. The van der Waals surface area contributed by atoms with Gasteiger partial charge < -0.3 is 0 Å². The molecule has 0 saturated heterocycles. The molecule has 9 heteroatoms. The van der Waals surface area contributed by atoms with Gasteiger partial charge in [-0.05, 0) is 0 Å². The first-order valence-electron chi connectivity index (χ1n) is 5.02. The first kappa shape index (κ1) is 19.4. The number of halogens is 1. The van der Waals surface area contributed by atoms with Gasteiger partial charge in [-0.15, -0.1) is 0 Å². The van der Waals surface area contributed by atoms with Crippen LogP contribution in [-0.4, -0.2) is 30.1 Å². The standard InChI is InChI=1S/C7H17N2.ClH.Hg.H2O4S/c1-2-3-4-5-7(9)6-8;;;1-5(2,3)4/h7H,1-6,8-9H2;1H;;(H2,1,2,3,4)/q;;+1;/p-1. The zero-order valence-corrected chi connectivity index (χ0v) is 16.2. The van der Waals surface area contributed by atoms with E-state index in [1.165, 1.54) is 23.2 Å². The second kappa shape index (κ2) is 12.5. The van der Waals surface area contributed by atoms with Crippen molar-refractivity contribution in [3.05, 3.63) is 0 Å². The summed E-state index contributed by atoms with van der Waals surface area (Å²) in [4.78, 5) is 0. The van der Waals surface area contributed by atoms with E-state index in [0.29, 0.717) is 6.54 Å². The molecule has 6 N–H and O–H groups in total. The van der Waals surface area contributed by atoms with Crippen LogP contribution in [0.5, 0.6) is 0 Å². The first-order valence-corrected chi connectivity index (χ1v) is 17.1. The largest absolute Gasteiger partial charge is 0.394 e. The number of rotatable bonds is 7. The van der Waals surface area contributed by atoms with Crippen molar-refractivity contribution in [1.29, 1.82) is 0 Å². The van der Waals surface area contributed by atoms with Crippen molar-refractivity contribution in [2.75, 3.05) is 6.54 Å². The van der Waals surface area contributed by atoms with Gasteiger partial charge in [0.1, 0.15) is 0 Å². The Hall–Kier alpha value is 1.02. The van der Waals surface area contributed by atoms with Crippen LogP contribution in [0.3, 0.4) is 0 Å². The third-order valence-corrected chi connectivity index (χ3v) is 7.09. The van der Waals surface area contributed by atoms with E-state index in [1.807, 2.05) is 0 Å². The van der Waals surface area contributed by atoms with Gasteiger partial charge in [0, 0.05) is 0 Å². The molecule has 0 aromatic carbocycles. The van der Waals surface area contributed by atoms with Gasteiger partial charge in [0.2, 0.25) is 0 Å². The molecule has 0 bridgehead atoms. The van der Waals surface area contributed by atoms with Crippen molar-refractivity contribution >= 4 is 18.6 Å². The number of hydrogen-bond acceptors (Lipinski definition) is 4. The normalized spacial score (nSPS) is 12.3. The van der Waals surface area contributed by atoms with Gasteiger partial charge >= 0.3 is 95.7 Å². The minimum atomic E-state index is -4.67. The van der Waals surface area contributed by atoms with Gasteiger partial charge in [-0.1, -0.05) is 0 Å². The molecule has 0 saturated carbocycles. The Balaban J connectivity index is 0. The predicted octanol–water partition coefficient (Wildman–Crippen LogP) is 0.835. The van der Waals surface area contributed by atoms with E-state index in [4.69, 9.17) is 37.2 Å². The quantitative estimate of drug-likeness (QED) is 0.252. The summed E-state index contributed by atoms with van der Waals surface area (Å²) in [5.41, 5.74) is 11.0. The van der Waals surface area contributed by atoms with Crippen LogP contribution in [-0.2, 0) is 33.7 Å². The van der Waals surface area contributed by atoms with Crippen molar-refractivity contribution in [2.24, 2.45) is 11.5 Å². The molecule has 0 fully saturated rings. The van der Waals surface area contributed by atoms with Gasteiger partial charge in [0.25, 0.3) is 0 Å². The fourth-order valence-corrected chi connectivity index (χ4v) is 4.74.